The molecule has 1 heterocycles. The molecule has 1 aliphatic heterocycles. The van der Waals surface area contributed by atoms with Gasteiger partial charge in [0.2, 0.25) is 10.0 Å². The van der Waals surface area contributed by atoms with Crippen molar-refractivity contribution in [3.05, 3.63) is 95.0 Å². The van der Waals surface area contributed by atoms with Crippen molar-refractivity contribution < 1.29 is 17.9 Å². The van der Waals surface area contributed by atoms with E-state index >= 15 is 0 Å². The van der Waals surface area contributed by atoms with E-state index in [4.69, 9.17) is 16.3 Å². The van der Waals surface area contributed by atoms with Gasteiger partial charge >= 0.3 is 0 Å². The average molecular weight is 514 g/mol. The van der Waals surface area contributed by atoms with Crippen LogP contribution in [0.25, 0.3) is 0 Å². The van der Waals surface area contributed by atoms with Gasteiger partial charge in [0, 0.05) is 39.3 Å². The number of ether oxygens (including phenoxy) is 1. The minimum absolute atomic E-state index is 0.0339. The Balaban J connectivity index is 1.26. The molecule has 0 unspecified atom stereocenters. The normalized spacial score (nSPS) is 14.6. The van der Waals surface area contributed by atoms with Crippen LogP contribution in [0.3, 0.4) is 0 Å². The second kappa shape index (κ2) is 11.7. The number of benzene rings is 3. The molecule has 0 radical (unpaired) electrons. The zero-order chi connectivity index (χ0) is 24.7. The lowest BCUT2D eigenvalue weighted by Gasteiger charge is -2.34. The van der Waals surface area contributed by atoms with Crippen molar-refractivity contribution in [2.45, 2.75) is 18.0 Å². The van der Waals surface area contributed by atoms with Gasteiger partial charge in [0.25, 0.3) is 5.91 Å². The maximum Gasteiger partial charge on any atom is 0.260 e. The first-order chi connectivity index (χ1) is 16.9. The number of hydrogen-bond donors (Lipinski definition) is 1. The van der Waals surface area contributed by atoms with Crippen LogP contribution >= 0.6 is 11.6 Å². The van der Waals surface area contributed by atoms with Crippen molar-refractivity contribution in [3.63, 3.8) is 0 Å². The minimum atomic E-state index is -3.74. The number of amides is 1. The van der Waals surface area contributed by atoms with Crippen LogP contribution in [-0.4, -0.2) is 56.9 Å². The van der Waals surface area contributed by atoms with Crippen molar-refractivity contribution in [3.8, 4) is 5.75 Å². The van der Waals surface area contributed by atoms with Gasteiger partial charge in [-0.05, 0) is 29.3 Å². The van der Waals surface area contributed by atoms with Crippen LogP contribution in [0.15, 0.2) is 83.8 Å². The predicted molar refractivity (Wildman–Crippen MR) is 136 cm³/mol. The quantitative estimate of drug-likeness (QED) is 0.473. The Morgan fingerprint density at radius 3 is 2.14 bits per heavy atom. The smallest absolute Gasteiger partial charge is 0.260 e. The molecule has 0 bridgehead atoms. The predicted octanol–water partition coefficient (Wildman–Crippen LogP) is 3.54. The molecule has 1 amide bonds. The number of carbonyl (C=O) groups excluding carboxylic acids is 1. The summed E-state index contributed by atoms with van der Waals surface area (Å²) in [7, 11) is -3.74. The second-order valence-corrected chi connectivity index (χ2v) is 10.5. The van der Waals surface area contributed by atoms with Crippen LogP contribution in [0, 0.1) is 0 Å². The van der Waals surface area contributed by atoms with Crippen LogP contribution in [0.5, 0.6) is 5.75 Å². The highest BCUT2D eigenvalue weighted by Gasteiger charge is 2.22. The zero-order valence-corrected chi connectivity index (χ0v) is 20.8. The van der Waals surface area contributed by atoms with Crippen molar-refractivity contribution in [1.29, 1.82) is 0 Å². The minimum Gasteiger partial charge on any atom is -0.482 e. The Bertz CT molecular complexity index is 1230. The topological polar surface area (TPSA) is 78.9 Å². The lowest BCUT2D eigenvalue weighted by Crippen LogP contribution is -2.49. The summed E-state index contributed by atoms with van der Waals surface area (Å²) in [6.45, 7) is 3.74. The van der Waals surface area contributed by atoms with Gasteiger partial charge in [-0.25, -0.2) is 13.1 Å². The summed E-state index contributed by atoms with van der Waals surface area (Å²) in [5.41, 5.74) is 2.10. The second-order valence-electron chi connectivity index (χ2n) is 8.33. The fraction of sp³-hybridized carbons (Fsp3) is 0.269. The van der Waals surface area contributed by atoms with Gasteiger partial charge in [-0.1, -0.05) is 72.3 Å². The van der Waals surface area contributed by atoms with E-state index in [-0.39, 0.29) is 34.7 Å². The number of rotatable bonds is 9. The van der Waals surface area contributed by atoms with Crippen molar-refractivity contribution in [2.24, 2.45) is 0 Å². The maximum absolute atomic E-state index is 12.6. The SMILES string of the molecule is O=C(COc1ccc(S(=O)(=O)NCc2ccccc2)cc1Cl)N1CCN(Cc2ccccc2)CC1. The third-order valence-corrected chi connectivity index (χ3v) is 7.54. The fourth-order valence-electron chi connectivity index (χ4n) is 3.85. The third kappa shape index (κ3) is 7.05. The van der Waals surface area contributed by atoms with Gasteiger partial charge in [-0.3, -0.25) is 9.69 Å². The number of piperazine rings is 1. The van der Waals surface area contributed by atoms with E-state index in [1.54, 1.807) is 4.90 Å². The molecule has 1 aliphatic rings. The molecule has 1 fully saturated rings. The molecule has 0 saturated carbocycles. The van der Waals surface area contributed by atoms with E-state index in [1.807, 2.05) is 48.5 Å². The Hall–Kier alpha value is -2.91. The number of hydrogen-bond acceptors (Lipinski definition) is 5. The standard InChI is InChI=1S/C26H28ClN3O4S/c27-24-17-23(35(32,33)28-18-21-7-3-1-4-8-21)11-12-25(24)34-20-26(31)30-15-13-29(14-16-30)19-22-9-5-2-6-10-22/h1-12,17,28H,13-16,18-20H2. The third-order valence-electron chi connectivity index (χ3n) is 5.85. The molecule has 0 aromatic heterocycles. The molecule has 0 atom stereocenters. The molecule has 184 valence electrons. The Labute approximate surface area is 211 Å². The Morgan fingerprint density at radius 2 is 1.51 bits per heavy atom. The molecule has 35 heavy (non-hydrogen) atoms. The van der Waals surface area contributed by atoms with Gasteiger partial charge in [0.1, 0.15) is 5.75 Å². The van der Waals surface area contributed by atoms with Gasteiger partial charge in [0.15, 0.2) is 6.61 Å². The first kappa shape index (κ1) is 25.2. The highest BCUT2D eigenvalue weighted by atomic mass is 35.5. The summed E-state index contributed by atoms with van der Waals surface area (Å²) in [4.78, 5) is 16.8. The van der Waals surface area contributed by atoms with Crippen molar-refractivity contribution in [2.75, 3.05) is 32.8 Å². The average Bonchev–Trinajstić information content (AvgIpc) is 2.88. The summed E-state index contributed by atoms with van der Waals surface area (Å²) in [6.07, 6.45) is 0. The summed E-state index contributed by atoms with van der Waals surface area (Å²) in [6, 6.07) is 23.7. The first-order valence-corrected chi connectivity index (χ1v) is 13.3. The molecule has 3 aromatic carbocycles. The van der Waals surface area contributed by atoms with Gasteiger partial charge < -0.3 is 9.64 Å². The van der Waals surface area contributed by atoms with E-state index in [0.717, 1.165) is 25.2 Å². The van der Waals surface area contributed by atoms with Crippen LogP contribution in [-0.2, 0) is 27.9 Å². The molecule has 7 nitrogen and oxygen atoms in total. The molecule has 4 rings (SSSR count). The summed E-state index contributed by atoms with van der Waals surface area (Å²) >= 11 is 6.27. The van der Waals surface area contributed by atoms with Gasteiger partial charge in [-0.2, -0.15) is 0 Å². The molecular weight excluding hydrogens is 486 g/mol. The number of sulfonamides is 1. The van der Waals surface area contributed by atoms with E-state index in [2.05, 4.69) is 21.8 Å². The first-order valence-electron chi connectivity index (χ1n) is 11.4. The van der Waals surface area contributed by atoms with E-state index in [1.165, 1.54) is 23.8 Å². The number of halogens is 1. The highest BCUT2D eigenvalue weighted by molar-refractivity contribution is 7.89. The molecule has 0 spiro atoms. The van der Waals surface area contributed by atoms with E-state index in [0.29, 0.717) is 13.1 Å². The molecular formula is C26H28ClN3O4S. The van der Waals surface area contributed by atoms with Crippen LogP contribution in [0.1, 0.15) is 11.1 Å². The lowest BCUT2D eigenvalue weighted by atomic mass is 10.2. The van der Waals surface area contributed by atoms with Crippen molar-refractivity contribution >= 4 is 27.5 Å². The summed E-state index contributed by atoms with van der Waals surface area (Å²) in [5.74, 6) is 0.145. The van der Waals surface area contributed by atoms with Crippen molar-refractivity contribution in [1.82, 2.24) is 14.5 Å². The molecule has 1 N–H and O–H groups in total. The summed E-state index contributed by atoms with van der Waals surface area (Å²) in [5, 5.41) is 0.132. The summed E-state index contributed by atoms with van der Waals surface area (Å²) < 4.78 is 33.4. The molecule has 0 aliphatic carbocycles. The maximum atomic E-state index is 12.6. The molecule has 9 heteroatoms. The zero-order valence-electron chi connectivity index (χ0n) is 19.3. The molecule has 1 saturated heterocycles. The number of carbonyl (C=O) groups is 1. The fourth-order valence-corrected chi connectivity index (χ4v) is 5.19. The Morgan fingerprint density at radius 1 is 0.886 bits per heavy atom. The van der Waals surface area contributed by atoms with Crippen LogP contribution < -0.4 is 9.46 Å². The van der Waals surface area contributed by atoms with Crippen LogP contribution in [0.2, 0.25) is 5.02 Å². The van der Waals surface area contributed by atoms with E-state index < -0.39 is 10.0 Å². The number of nitrogens with one attached hydrogen (secondary N) is 1. The van der Waals surface area contributed by atoms with Crippen LogP contribution in [0.4, 0.5) is 0 Å². The molecule has 3 aromatic rings. The monoisotopic (exact) mass is 513 g/mol. The largest absolute Gasteiger partial charge is 0.482 e. The lowest BCUT2D eigenvalue weighted by molar-refractivity contribution is -0.135. The van der Waals surface area contributed by atoms with Gasteiger partial charge in [0.05, 0.1) is 9.92 Å². The Kier molecular flexibility index (Phi) is 8.41. The highest BCUT2D eigenvalue weighted by Crippen LogP contribution is 2.27. The number of nitrogens with zero attached hydrogens (tertiary/aromatic N) is 2. The van der Waals surface area contributed by atoms with Gasteiger partial charge in [-0.15, -0.1) is 0 Å². The van der Waals surface area contributed by atoms with E-state index in [9.17, 15) is 13.2 Å².